The maximum absolute atomic E-state index is 12.8. The predicted octanol–water partition coefficient (Wildman–Crippen LogP) is 2.00. The fourth-order valence-corrected chi connectivity index (χ4v) is 4.31. The normalized spacial score (nSPS) is 13.9. The van der Waals surface area contributed by atoms with Crippen molar-refractivity contribution in [3.63, 3.8) is 0 Å². The number of carbonyl (C=O) groups is 1. The monoisotopic (exact) mass is 379 g/mol. The van der Waals surface area contributed by atoms with E-state index in [1.54, 1.807) is 18.2 Å². The van der Waals surface area contributed by atoms with E-state index >= 15 is 0 Å². The van der Waals surface area contributed by atoms with Crippen LogP contribution in [0.2, 0.25) is 5.02 Å². The minimum Gasteiger partial charge on any atom is -0.288 e. The highest BCUT2D eigenvalue weighted by Crippen LogP contribution is 2.32. The highest BCUT2D eigenvalue weighted by molar-refractivity contribution is 7.92. The van der Waals surface area contributed by atoms with Gasteiger partial charge in [0.15, 0.2) is 0 Å². The number of hydrogen-bond acceptors (Lipinski definition) is 5. The molecule has 0 fully saturated rings. The lowest BCUT2D eigenvalue weighted by Crippen LogP contribution is -2.29. The number of halogens is 1. The van der Waals surface area contributed by atoms with Gasteiger partial charge >= 0.3 is 0 Å². The van der Waals surface area contributed by atoms with Crippen LogP contribution in [-0.4, -0.2) is 31.1 Å². The van der Waals surface area contributed by atoms with E-state index in [0.717, 1.165) is 11.6 Å². The van der Waals surface area contributed by atoms with Crippen LogP contribution in [-0.2, 0) is 21.2 Å². The molecule has 1 amide bonds. The maximum Gasteiger partial charge on any atom is 0.267 e. The molecule has 1 aromatic heterocycles. The van der Waals surface area contributed by atoms with Crippen molar-refractivity contribution in [3.8, 4) is 0 Å². The first kappa shape index (κ1) is 17.4. The molecule has 25 heavy (non-hydrogen) atoms. The van der Waals surface area contributed by atoms with Gasteiger partial charge in [0.05, 0.1) is 4.90 Å². The Kier molecular flexibility index (Phi) is 4.76. The standard InChI is InChI=1S/C16H14ClN3O4S/c17-13-2-1-3-14(9-13)25(23,24)20-7-6-12-8-11(10-18-16(12)20)4-5-15(21)19-22/h1-5,8-10,22H,6-7H2,(H,19,21)/b5-4+. The second-order valence-corrected chi connectivity index (χ2v) is 7.64. The largest absolute Gasteiger partial charge is 0.288 e. The summed E-state index contributed by atoms with van der Waals surface area (Å²) in [4.78, 5) is 15.4. The SMILES string of the molecule is O=C(/C=C/c1cnc2c(c1)CCN2S(=O)(=O)c1cccc(Cl)c1)NO. The van der Waals surface area contributed by atoms with Crippen LogP contribution < -0.4 is 9.79 Å². The van der Waals surface area contributed by atoms with Gasteiger partial charge in [-0.25, -0.2) is 23.2 Å². The summed E-state index contributed by atoms with van der Waals surface area (Å²) in [5.74, 6) is -0.297. The molecule has 2 N–H and O–H groups in total. The van der Waals surface area contributed by atoms with Crippen molar-refractivity contribution >= 4 is 39.4 Å². The lowest BCUT2D eigenvalue weighted by atomic mass is 10.1. The fraction of sp³-hybridized carbons (Fsp3) is 0.125. The zero-order chi connectivity index (χ0) is 18.0. The number of rotatable bonds is 4. The van der Waals surface area contributed by atoms with Gasteiger partial charge in [-0.1, -0.05) is 17.7 Å². The molecule has 0 aliphatic carbocycles. The molecule has 0 saturated carbocycles. The lowest BCUT2D eigenvalue weighted by Gasteiger charge is -2.18. The summed E-state index contributed by atoms with van der Waals surface area (Å²) in [5.41, 5.74) is 2.88. The molecule has 0 saturated heterocycles. The number of hydrogen-bond donors (Lipinski definition) is 2. The Bertz CT molecular complexity index is 960. The number of carbonyl (C=O) groups excluding carboxylic acids is 1. The van der Waals surface area contributed by atoms with E-state index in [-0.39, 0.29) is 11.4 Å². The molecule has 0 bridgehead atoms. The molecule has 0 unspecified atom stereocenters. The van der Waals surface area contributed by atoms with Gasteiger partial charge < -0.3 is 0 Å². The van der Waals surface area contributed by atoms with Crippen molar-refractivity contribution in [1.82, 2.24) is 10.5 Å². The summed E-state index contributed by atoms with van der Waals surface area (Å²) in [6, 6.07) is 7.85. The average molecular weight is 380 g/mol. The van der Waals surface area contributed by atoms with Crippen molar-refractivity contribution in [2.24, 2.45) is 0 Å². The summed E-state index contributed by atoms with van der Waals surface area (Å²) in [7, 11) is -3.75. The molecule has 1 aromatic carbocycles. The highest BCUT2D eigenvalue weighted by Gasteiger charge is 2.32. The number of benzene rings is 1. The van der Waals surface area contributed by atoms with E-state index in [9.17, 15) is 13.2 Å². The van der Waals surface area contributed by atoms with Crippen molar-refractivity contribution in [1.29, 1.82) is 0 Å². The van der Waals surface area contributed by atoms with Crippen LogP contribution in [0.15, 0.2) is 47.5 Å². The lowest BCUT2D eigenvalue weighted by molar-refractivity contribution is -0.124. The van der Waals surface area contributed by atoms with Crippen LogP contribution in [0.4, 0.5) is 5.82 Å². The second-order valence-electron chi connectivity index (χ2n) is 5.35. The van der Waals surface area contributed by atoms with Gasteiger partial charge in [0, 0.05) is 23.8 Å². The number of nitrogens with zero attached hydrogens (tertiary/aromatic N) is 2. The Balaban J connectivity index is 1.92. The van der Waals surface area contributed by atoms with Gasteiger partial charge in [-0.15, -0.1) is 0 Å². The second kappa shape index (κ2) is 6.83. The van der Waals surface area contributed by atoms with Crippen molar-refractivity contribution < 1.29 is 18.4 Å². The molecule has 2 aromatic rings. The quantitative estimate of drug-likeness (QED) is 0.481. The maximum atomic E-state index is 12.8. The van der Waals surface area contributed by atoms with Crippen LogP contribution in [0, 0.1) is 0 Å². The molecule has 3 rings (SSSR count). The minimum atomic E-state index is -3.75. The number of anilines is 1. The molecule has 0 spiro atoms. The van der Waals surface area contributed by atoms with Crippen LogP contribution in [0.3, 0.4) is 0 Å². The summed E-state index contributed by atoms with van der Waals surface area (Å²) in [5, 5.41) is 8.81. The zero-order valence-electron chi connectivity index (χ0n) is 12.9. The summed E-state index contributed by atoms with van der Waals surface area (Å²) in [6.07, 6.45) is 4.60. The molecule has 0 atom stereocenters. The summed E-state index contributed by atoms with van der Waals surface area (Å²) >= 11 is 5.89. The van der Waals surface area contributed by atoms with E-state index in [4.69, 9.17) is 16.8 Å². The molecule has 2 heterocycles. The number of pyridine rings is 1. The van der Waals surface area contributed by atoms with E-state index in [0.29, 0.717) is 22.8 Å². The molecule has 130 valence electrons. The molecular weight excluding hydrogens is 366 g/mol. The fourth-order valence-electron chi connectivity index (χ4n) is 2.55. The Hall–Kier alpha value is -2.42. The van der Waals surface area contributed by atoms with E-state index in [1.165, 1.54) is 34.2 Å². The Labute approximate surface area is 149 Å². The van der Waals surface area contributed by atoms with Gasteiger partial charge in [-0.3, -0.25) is 10.0 Å². The van der Waals surface area contributed by atoms with Crippen LogP contribution in [0.25, 0.3) is 6.08 Å². The summed E-state index contributed by atoms with van der Waals surface area (Å²) < 4.78 is 26.9. The molecule has 9 heteroatoms. The first-order valence-electron chi connectivity index (χ1n) is 7.31. The Morgan fingerprint density at radius 2 is 2.16 bits per heavy atom. The van der Waals surface area contributed by atoms with Crippen LogP contribution in [0.5, 0.6) is 0 Å². The van der Waals surface area contributed by atoms with Gasteiger partial charge in [0.1, 0.15) is 5.82 Å². The van der Waals surface area contributed by atoms with Crippen molar-refractivity contribution in [2.45, 2.75) is 11.3 Å². The Morgan fingerprint density at radius 1 is 1.36 bits per heavy atom. The Morgan fingerprint density at radius 3 is 2.88 bits per heavy atom. The number of fused-ring (bicyclic) bond motifs is 1. The number of amides is 1. The molecule has 1 aliphatic rings. The van der Waals surface area contributed by atoms with E-state index in [1.807, 2.05) is 0 Å². The van der Waals surface area contributed by atoms with Gasteiger partial charge in [0.25, 0.3) is 15.9 Å². The van der Waals surface area contributed by atoms with Crippen molar-refractivity contribution in [2.75, 3.05) is 10.8 Å². The number of aromatic nitrogens is 1. The minimum absolute atomic E-state index is 0.109. The molecule has 0 radical (unpaired) electrons. The van der Waals surface area contributed by atoms with Gasteiger partial charge in [-0.2, -0.15) is 0 Å². The van der Waals surface area contributed by atoms with Crippen LogP contribution >= 0.6 is 11.6 Å². The molecule has 1 aliphatic heterocycles. The third kappa shape index (κ3) is 3.51. The van der Waals surface area contributed by atoms with Crippen LogP contribution in [0.1, 0.15) is 11.1 Å². The first-order chi connectivity index (χ1) is 11.9. The predicted molar refractivity (Wildman–Crippen MR) is 92.9 cm³/mol. The number of nitrogens with one attached hydrogen (secondary N) is 1. The number of hydroxylamine groups is 1. The van der Waals surface area contributed by atoms with Crippen molar-refractivity contribution in [3.05, 3.63) is 58.8 Å². The highest BCUT2D eigenvalue weighted by atomic mass is 35.5. The smallest absolute Gasteiger partial charge is 0.267 e. The molecule has 7 nitrogen and oxygen atoms in total. The molecular formula is C16H14ClN3O4S. The topological polar surface area (TPSA) is 99.6 Å². The number of sulfonamides is 1. The van der Waals surface area contributed by atoms with Gasteiger partial charge in [0.2, 0.25) is 0 Å². The van der Waals surface area contributed by atoms with E-state index in [2.05, 4.69) is 4.98 Å². The summed E-state index contributed by atoms with van der Waals surface area (Å²) in [6.45, 7) is 0.279. The first-order valence-corrected chi connectivity index (χ1v) is 9.13. The average Bonchev–Trinajstić information content (AvgIpc) is 3.03. The van der Waals surface area contributed by atoms with E-state index < -0.39 is 15.9 Å². The third-order valence-electron chi connectivity index (χ3n) is 3.71. The van der Waals surface area contributed by atoms with Gasteiger partial charge in [-0.05, 0) is 47.9 Å². The zero-order valence-corrected chi connectivity index (χ0v) is 14.5. The third-order valence-corrected chi connectivity index (χ3v) is 5.73.